The van der Waals surface area contributed by atoms with E-state index in [9.17, 15) is 9.59 Å². The third-order valence-electron chi connectivity index (χ3n) is 7.94. The quantitative estimate of drug-likeness (QED) is 0.362. The molecule has 12 heteroatoms. The minimum Gasteiger partial charge on any atom is -0.481 e. The maximum Gasteiger partial charge on any atom is 0.407 e. The Hall–Kier alpha value is -3.73. The zero-order valence-corrected chi connectivity index (χ0v) is 24.3. The van der Waals surface area contributed by atoms with E-state index >= 15 is 0 Å². The molecule has 0 aliphatic carbocycles. The number of halogens is 1. The Morgan fingerprint density at radius 2 is 2.00 bits per heavy atom. The lowest BCUT2D eigenvalue weighted by Crippen LogP contribution is -2.46. The number of carbonyl (C=O) groups is 1. The molecule has 2 aliphatic rings. The number of ether oxygens (including phenoxy) is 2. The van der Waals surface area contributed by atoms with Crippen LogP contribution < -0.4 is 20.5 Å². The second kappa shape index (κ2) is 9.43. The van der Waals surface area contributed by atoms with Crippen LogP contribution in [0.2, 0.25) is 5.02 Å². The smallest absolute Gasteiger partial charge is 0.407 e. The van der Waals surface area contributed by atoms with E-state index in [-0.39, 0.29) is 23.7 Å². The lowest BCUT2D eigenvalue weighted by molar-refractivity contribution is 0.0497. The molecule has 2 aliphatic heterocycles. The number of rotatable bonds is 5. The summed E-state index contributed by atoms with van der Waals surface area (Å²) < 4.78 is 14.5. The summed E-state index contributed by atoms with van der Waals surface area (Å²) in [5, 5.41) is 9.25. The van der Waals surface area contributed by atoms with Gasteiger partial charge in [0.2, 0.25) is 11.8 Å². The third kappa shape index (κ3) is 4.09. The van der Waals surface area contributed by atoms with Crippen molar-refractivity contribution in [3.63, 3.8) is 0 Å². The zero-order chi connectivity index (χ0) is 28.5. The lowest BCUT2D eigenvalue weighted by atomic mass is 9.96. The molecule has 4 aromatic rings. The van der Waals surface area contributed by atoms with Crippen LogP contribution in [0, 0.1) is 0 Å². The van der Waals surface area contributed by atoms with E-state index in [1.54, 1.807) is 29.6 Å². The van der Waals surface area contributed by atoms with Crippen LogP contribution in [-0.2, 0) is 18.3 Å². The molecule has 212 valence electrons. The fourth-order valence-electron chi connectivity index (χ4n) is 6.30. The van der Waals surface area contributed by atoms with Crippen molar-refractivity contribution in [3.05, 3.63) is 33.7 Å². The number of aromatic nitrogens is 5. The van der Waals surface area contributed by atoms with E-state index in [1.165, 1.54) is 0 Å². The number of nitrogens with one attached hydrogen (secondary N) is 2. The van der Waals surface area contributed by atoms with Crippen LogP contribution in [0.3, 0.4) is 0 Å². The Labute approximate surface area is 236 Å². The summed E-state index contributed by atoms with van der Waals surface area (Å²) >= 11 is 6.93. The Kier molecular flexibility index (Phi) is 6.25. The molecule has 2 N–H and O–H groups in total. The zero-order valence-electron chi connectivity index (χ0n) is 23.5. The fraction of sp³-hybridized carbons (Fsp3) is 0.500. The van der Waals surface area contributed by atoms with Crippen LogP contribution in [0.15, 0.2) is 23.1 Å². The highest BCUT2D eigenvalue weighted by molar-refractivity contribution is 6.39. The van der Waals surface area contributed by atoms with Crippen LogP contribution in [0.1, 0.15) is 47.0 Å². The van der Waals surface area contributed by atoms with Gasteiger partial charge in [-0.25, -0.2) is 9.48 Å². The molecular weight excluding hydrogens is 534 g/mol. The molecule has 5 heterocycles. The van der Waals surface area contributed by atoms with Crippen molar-refractivity contribution < 1.29 is 14.3 Å². The van der Waals surface area contributed by atoms with Gasteiger partial charge in [-0.05, 0) is 53.0 Å². The monoisotopic (exact) mass is 567 g/mol. The average molecular weight is 568 g/mol. The largest absolute Gasteiger partial charge is 0.481 e. The summed E-state index contributed by atoms with van der Waals surface area (Å²) in [5.41, 5.74) is 1.83. The van der Waals surface area contributed by atoms with Gasteiger partial charge in [-0.3, -0.25) is 9.36 Å². The van der Waals surface area contributed by atoms with Gasteiger partial charge in [0.25, 0.3) is 5.56 Å². The number of hydrogen-bond acceptors (Lipinski definition) is 7. The van der Waals surface area contributed by atoms with Gasteiger partial charge in [0.05, 0.1) is 40.5 Å². The molecule has 6 rings (SSSR count). The van der Waals surface area contributed by atoms with Crippen LogP contribution in [-0.4, -0.2) is 61.2 Å². The molecular formula is C28H34ClN7O4. The van der Waals surface area contributed by atoms with Crippen molar-refractivity contribution in [2.75, 3.05) is 12.0 Å². The predicted octanol–water partition coefficient (Wildman–Crippen LogP) is 4.59. The standard InChI is InChI=1S/C28H34ClN7O4/c1-7-35-25(39-6)21-17(33-35)10-9-15(22(21)29)16-13-30-23-20(16)24(37)34(5)26(32-23)36-14-8-11-19(36)18(12-14)31-27(38)40-28(2,3)4/h9-10,13-14,18-19,30H,7-8,11-12H2,1-6H3,(H,31,38)/t14-,18+,19+/m0/s1. The topological polar surface area (TPSA) is 119 Å². The number of aromatic amines is 1. The lowest BCUT2D eigenvalue weighted by Gasteiger charge is -2.28. The maximum absolute atomic E-state index is 13.9. The van der Waals surface area contributed by atoms with Crippen LogP contribution in [0.4, 0.5) is 10.7 Å². The number of methoxy groups -OCH3 is 1. The first-order valence-electron chi connectivity index (χ1n) is 13.6. The molecule has 0 unspecified atom stereocenters. The van der Waals surface area contributed by atoms with E-state index in [4.69, 9.17) is 26.1 Å². The van der Waals surface area contributed by atoms with Crippen molar-refractivity contribution in [3.8, 4) is 17.0 Å². The first kappa shape index (κ1) is 26.5. The first-order valence-corrected chi connectivity index (χ1v) is 14.0. The van der Waals surface area contributed by atoms with Gasteiger partial charge in [0.15, 0.2) is 0 Å². The molecule has 2 bridgehead atoms. The number of amides is 1. The SMILES string of the molecule is CCn1nc2ccc(-c3c[nH]c4nc(N5[C@H]6CC[C@@H]5[C@H](NC(=O)OC(C)(C)C)C6)n(C)c(=O)c34)c(Cl)c2c1OC. The fourth-order valence-corrected chi connectivity index (χ4v) is 6.64. The second-order valence-electron chi connectivity index (χ2n) is 11.5. The number of aryl methyl sites for hydroxylation is 1. The summed E-state index contributed by atoms with van der Waals surface area (Å²) in [6.07, 6.45) is 4.00. The van der Waals surface area contributed by atoms with Crippen molar-refractivity contribution in [2.24, 2.45) is 7.05 Å². The van der Waals surface area contributed by atoms with E-state index < -0.39 is 11.7 Å². The van der Waals surface area contributed by atoms with Crippen molar-refractivity contribution in [1.82, 2.24) is 29.6 Å². The molecule has 11 nitrogen and oxygen atoms in total. The first-order chi connectivity index (χ1) is 19.0. The van der Waals surface area contributed by atoms with Crippen molar-refractivity contribution in [1.29, 1.82) is 0 Å². The Morgan fingerprint density at radius 1 is 1.23 bits per heavy atom. The number of benzene rings is 1. The summed E-state index contributed by atoms with van der Waals surface area (Å²) in [6.45, 7) is 8.16. The summed E-state index contributed by atoms with van der Waals surface area (Å²) in [7, 11) is 3.34. The van der Waals surface area contributed by atoms with Crippen LogP contribution in [0.25, 0.3) is 33.1 Å². The maximum atomic E-state index is 13.9. The van der Waals surface area contributed by atoms with E-state index in [1.807, 2.05) is 39.8 Å². The molecule has 1 aromatic carbocycles. The average Bonchev–Trinajstić information content (AvgIpc) is 3.65. The number of fused-ring (bicyclic) bond motifs is 4. The third-order valence-corrected chi connectivity index (χ3v) is 8.33. The van der Waals surface area contributed by atoms with Crippen molar-refractivity contribution in [2.45, 2.75) is 77.2 Å². The number of hydrogen-bond donors (Lipinski definition) is 2. The van der Waals surface area contributed by atoms with Crippen LogP contribution >= 0.6 is 11.6 Å². The van der Waals surface area contributed by atoms with E-state index in [0.717, 1.165) is 24.8 Å². The van der Waals surface area contributed by atoms with Crippen molar-refractivity contribution >= 4 is 45.6 Å². The molecule has 1 amide bonds. The number of alkyl carbamates (subject to hydrolysis) is 1. The predicted molar refractivity (Wildman–Crippen MR) is 154 cm³/mol. The Morgan fingerprint density at radius 3 is 2.70 bits per heavy atom. The van der Waals surface area contributed by atoms with Crippen LogP contribution in [0.5, 0.6) is 5.88 Å². The van der Waals surface area contributed by atoms with Gasteiger partial charge in [0.1, 0.15) is 11.2 Å². The van der Waals surface area contributed by atoms with Gasteiger partial charge in [-0.1, -0.05) is 17.7 Å². The van der Waals surface area contributed by atoms with Gasteiger partial charge in [-0.15, -0.1) is 0 Å². The normalized spacial score (nSPS) is 20.6. The molecule has 0 spiro atoms. The van der Waals surface area contributed by atoms with Gasteiger partial charge in [0, 0.05) is 37.0 Å². The molecule has 0 saturated carbocycles. The van der Waals surface area contributed by atoms with Gasteiger partial charge >= 0.3 is 6.09 Å². The molecule has 2 fully saturated rings. The number of nitrogens with zero attached hydrogens (tertiary/aromatic N) is 5. The highest BCUT2D eigenvalue weighted by Crippen LogP contribution is 2.43. The number of carbonyl (C=O) groups excluding carboxylic acids is 1. The minimum atomic E-state index is -0.571. The highest BCUT2D eigenvalue weighted by atomic mass is 35.5. The Balaban J connectivity index is 1.38. The van der Waals surface area contributed by atoms with E-state index in [0.29, 0.717) is 50.9 Å². The molecule has 3 atom stereocenters. The molecule has 2 saturated heterocycles. The summed E-state index contributed by atoms with van der Waals surface area (Å²) in [5.74, 6) is 1.16. The number of H-pyrrole nitrogens is 1. The second-order valence-corrected chi connectivity index (χ2v) is 11.9. The molecule has 3 aromatic heterocycles. The Bertz CT molecular complexity index is 1700. The molecule has 40 heavy (non-hydrogen) atoms. The van der Waals surface area contributed by atoms with Gasteiger partial charge < -0.3 is 24.7 Å². The summed E-state index contributed by atoms with van der Waals surface area (Å²) in [6, 6.07) is 3.89. The van der Waals surface area contributed by atoms with E-state index in [2.05, 4.69) is 20.3 Å². The number of anilines is 1. The summed E-state index contributed by atoms with van der Waals surface area (Å²) in [4.78, 5) is 36.7. The highest BCUT2D eigenvalue weighted by Gasteiger charge is 2.48. The minimum absolute atomic E-state index is 0.0296. The van der Waals surface area contributed by atoms with Gasteiger partial charge in [-0.2, -0.15) is 10.1 Å². The molecule has 0 radical (unpaired) electrons.